The first kappa shape index (κ1) is 13.0. The first-order chi connectivity index (χ1) is 9.56. The highest BCUT2D eigenvalue weighted by Crippen LogP contribution is 2.33. The van der Waals surface area contributed by atoms with Crippen LogP contribution in [0.3, 0.4) is 0 Å². The van der Waals surface area contributed by atoms with Crippen molar-refractivity contribution in [3.8, 4) is 23.0 Å². The van der Waals surface area contributed by atoms with Crippen LogP contribution in [0.4, 0.5) is 5.69 Å². The molecular weight excluding hydrogens is 301 g/mol. The third kappa shape index (κ3) is 2.13. The Bertz CT molecular complexity index is 757. The highest BCUT2D eigenvalue weighted by atomic mass is 35.5. The van der Waals surface area contributed by atoms with Gasteiger partial charge in [0, 0.05) is 12.6 Å². The summed E-state index contributed by atoms with van der Waals surface area (Å²) in [5, 5.41) is 4.59. The van der Waals surface area contributed by atoms with Gasteiger partial charge in [0.05, 0.1) is 28.3 Å². The van der Waals surface area contributed by atoms with E-state index in [9.17, 15) is 0 Å². The fraction of sp³-hybridized carbons (Fsp3) is 0.0833. The largest absolute Gasteiger partial charge is 0.396 e. The van der Waals surface area contributed by atoms with Crippen molar-refractivity contribution in [1.82, 2.24) is 19.7 Å². The van der Waals surface area contributed by atoms with Gasteiger partial charge in [-0.3, -0.25) is 0 Å². The summed E-state index contributed by atoms with van der Waals surface area (Å²) in [4.78, 5) is 8.30. The van der Waals surface area contributed by atoms with Crippen LogP contribution in [0.1, 0.15) is 0 Å². The molecule has 20 heavy (non-hydrogen) atoms. The van der Waals surface area contributed by atoms with E-state index in [0.717, 1.165) is 5.69 Å². The maximum atomic E-state index is 5.99. The Hall–Kier alpha value is -2.05. The third-order valence-electron chi connectivity index (χ3n) is 2.80. The number of benzene rings is 1. The molecule has 0 saturated heterocycles. The molecule has 0 amide bonds. The van der Waals surface area contributed by atoms with Crippen LogP contribution in [-0.4, -0.2) is 19.7 Å². The van der Waals surface area contributed by atoms with Crippen molar-refractivity contribution in [3.05, 3.63) is 34.7 Å². The van der Waals surface area contributed by atoms with Crippen LogP contribution < -0.4 is 5.73 Å². The molecule has 3 aromatic rings. The second kappa shape index (κ2) is 4.81. The van der Waals surface area contributed by atoms with Crippen molar-refractivity contribution >= 4 is 28.9 Å². The molecule has 0 bridgehead atoms. The van der Waals surface area contributed by atoms with Crippen molar-refractivity contribution in [2.45, 2.75) is 0 Å². The summed E-state index contributed by atoms with van der Waals surface area (Å²) in [5.41, 5.74) is 7.36. The predicted molar refractivity (Wildman–Crippen MR) is 76.4 cm³/mol. The van der Waals surface area contributed by atoms with Gasteiger partial charge in [-0.05, 0) is 12.1 Å². The summed E-state index contributed by atoms with van der Waals surface area (Å²) in [6.07, 6.45) is 3.31. The summed E-state index contributed by atoms with van der Waals surface area (Å²) in [6.45, 7) is 0. The molecule has 0 fully saturated rings. The van der Waals surface area contributed by atoms with Crippen molar-refractivity contribution in [2.75, 3.05) is 5.73 Å². The molecule has 0 radical (unpaired) electrons. The van der Waals surface area contributed by atoms with Gasteiger partial charge >= 0.3 is 0 Å². The molecule has 3 rings (SSSR count). The molecule has 1 aromatic carbocycles. The lowest BCUT2D eigenvalue weighted by Gasteiger charge is -2.02. The monoisotopic (exact) mass is 309 g/mol. The van der Waals surface area contributed by atoms with Crippen LogP contribution in [0.5, 0.6) is 0 Å². The predicted octanol–water partition coefficient (Wildman–Crippen LogP) is 3.03. The zero-order valence-corrected chi connectivity index (χ0v) is 11.9. The number of hydrogen-bond donors (Lipinski definition) is 1. The number of aromatic nitrogens is 4. The molecule has 0 aliphatic rings. The van der Waals surface area contributed by atoms with Crippen LogP contribution >= 0.6 is 23.2 Å². The first-order valence-corrected chi connectivity index (χ1v) is 6.37. The van der Waals surface area contributed by atoms with Crippen LogP contribution in [0.25, 0.3) is 23.0 Å². The SMILES string of the molecule is Cn1cncc1-c1noc(-c2cc(Cl)c(N)c(Cl)c2)n1. The van der Waals surface area contributed by atoms with Gasteiger partial charge in [0.1, 0.15) is 5.69 Å². The normalized spacial score (nSPS) is 10.9. The average Bonchev–Trinajstić information content (AvgIpc) is 3.03. The van der Waals surface area contributed by atoms with E-state index in [4.69, 9.17) is 33.5 Å². The summed E-state index contributed by atoms with van der Waals surface area (Å²) >= 11 is 12.0. The molecular formula is C12H9Cl2N5O. The molecule has 0 unspecified atom stereocenters. The number of hydrogen-bond acceptors (Lipinski definition) is 5. The van der Waals surface area contributed by atoms with Crippen LogP contribution in [0.15, 0.2) is 29.2 Å². The maximum absolute atomic E-state index is 5.99. The summed E-state index contributed by atoms with van der Waals surface area (Å²) in [5.74, 6) is 0.745. The van der Waals surface area contributed by atoms with E-state index in [0.29, 0.717) is 33.0 Å². The lowest BCUT2D eigenvalue weighted by Crippen LogP contribution is -1.91. The second-order valence-corrected chi connectivity index (χ2v) is 4.98. The number of nitrogen functional groups attached to an aromatic ring is 1. The standard InChI is InChI=1S/C12H9Cl2N5O/c1-19-5-16-4-9(19)11-17-12(20-18-11)6-2-7(13)10(15)8(14)3-6/h2-5H,15H2,1H3. The van der Waals surface area contributed by atoms with Gasteiger partial charge in [0.2, 0.25) is 5.82 Å². The highest BCUT2D eigenvalue weighted by molar-refractivity contribution is 6.39. The molecule has 2 heterocycles. The van der Waals surface area contributed by atoms with Crippen LogP contribution in [0, 0.1) is 0 Å². The number of imidazole rings is 1. The Morgan fingerprint density at radius 3 is 2.55 bits per heavy atom. The molecule has 0 atom stereocenters. The Morgan fingerprint density at radius 2 is 1.95 bits per heavy atom. The number of halogens is 2. The molecule has 6 nitrogen and oxygen atoms in total. The zero-order valence-electron chi connectivity index (χ0n) is 10.3. The van der Waals surface area contributed by atoms with Gasteiger partial charge in [0.15, 0.2) is 0 Å². The third-order valence-corrected chi connectivity index (χ3v) is 3.42. The minimum Gasteiger partial charge on any atom is -0.396 e. The Morgan fingerprint density at radius 1 is 1.25 bits per heavy atom. The summed E-state index contributed by atoms with van der Waals surface area (Å²) in [7, 11) is 1.84. The van der Waals surface area contributed by atoms with Gasteiger partial charge in [-0.1, -0.05) is 28.4 Å². The van der Waals surface area contributed by atoms with Gasteiger partial charge in [0.25, 0.3) is 5.89 Å². The molecule has 8 heteroatoms. The fourth-order valence-corrected chi connectivity index (χ4v) is 2.21. The molecule has 0 saturated carbocycles. The van der Waals surface area contributed by atoms with Crippen LogP contribution in [0.2, 0.25) is 10.0 Å². The van der Waals surface area contributed by atoms with E-state index >= 15 is 0 Å². The fourth-order valence-electron chi connectivity index (χ4n) is 1.73. The molecule has 2 aromatic heterocycles. The molecule has 0 aliphatic carbocycles. The Kier molecular flexibility index (Phi) is 3.11. The van der Waals surface area contributed by atoms with E-state index < -0.39 is 0 Å². The molecule has 2 N–H and O–H groups in total. The minimum absolute atomic E-state index is 0.310. The van der Waals surface area contributed by atoms with Crippen molar-refractivity contribution in [1.29, 1.82) is 0 Å². The van der Waals surface area contributed by atoms with Crippen molar-refractivity contribution in [3.63, 3.8) is 0 Å². The zero-order chi connectivity index (χ0) is 14.3. The molecule has 102 valence electrons. The van der Waals surface area contributed by atoms with Crippen molar-refractivity contribution < 1.29 is 4.52 Å². The minimum atomic E-state index is 0.310. The molecule has 0 spiro atoms. The van der Waals surface area contributed by atoms with E-state index in [1.165, 1.54) is 0 Å². The van der Waals surface area contributed by atoms with Gasteiger partial charge in [-0.2, -0.15) is 4.98 Å². The smallest absolute Gasteiger partial charge is 0.258 e. The number of nitrogens with zero attached hydrogens (tertiary/aromatic N) is 4. The van der Waals surface area contributed by atoms with E-state index in [1.807, 2.05) is 7.05 Å². The van der Waals surface area contributed by atoms with E-state index in [1.54, 1.807) is 29.2 Å². The topological polar surface area (TPSA) is 82.8 Å². The lowest BCUT2D eigenvalue weighted by atomic mass is 10.2. The van der Waals surface area contributed by atoms with Gasteiger partial charge < -0.3 is 14.8 Å². The molecule has 0 aliphatic heterocycles. The Balaban J connectivity index is 2.05. The van der Waals surface area contributed by atoms with Gasteiger partial charge in [-0.25, -0.2) is 4.98 Å². The summed E-state index contributed by atoms with van der Waals surface area (Å²) in [6, 6.07) is 3.26. The Labute approximate surface area is 124 Å². The van der Waals surface area contributed by atoms with E-state index in [-0.39, 0.29) is 0 Å². The maximum Gasteiger partial charge on any atom is 0.258 e. The highest BCUT2D eigenvalue weighted by Gasteiger charge is 2.15. The second-order valence-electron chi connectivity index (χ2n) is 4.17. The first-order valence-electron chi connectivity index (χ1n) is 5.61. The lowest BCUT2D eigenvalue weighted by molar-refractivity contribution is 0.432. The van der Waals surface area contributed by atoms with E-state index in [2.05, 4.69) is 15.1 Å². The number of nitrogens with two attached hydrogens (primary N) is 1. The summed E-state index contributed by atoms with van der Waals surface area (Å²) < 4.78 is 7.01. The van der Waals surface area contributed by atoms with Crippen LogP contribution in [-0.2, 0) is 7.05 Å². The number of rotatable bonds is 2. The number of anilines is 1. The van der Waals surface area contributed by atoms with Crippen molar-refractivity contribution in [2.24, 2.45) is 7.05 Å². The number of aryl methyl sites for hydroxylation is 1. The quantitative estimate of drug-likeness (QED) is 0.736. The van der Waals surface area contributed by atoms with Gasteiger partial charge in [-0.15, -0.1) is 0 Å². The average molecular weight is 310 g/mol.